The minimum absolute atomic E-state index is 0.290. The molecule has 23 heavy (non-hydrogen) atoms. The zero-order valence-electron chi connectivity index (χ0n) is 13.9. The molecule has 0 spiro atoms. The standard InChI is InChI=1S/C16H24N2O5/c1-11(17)14(19)22-13-7-5-12(6-8-13)21-10-9-18-15(20)23-16(2,3)4/h5-8,11H,9-10,17H2,1-4H3,(H,18,20)/t11-/m1/s1. The zero-order valence-corrected chi connectivity index (χ0v) is 13.9. The number of esters is 1. The van der Waals surface area contributed by atoms with Crippen molar-refractivity contribution in [3.8, 4) is 11.5 Å². The third-order valence-electron chi connectivity index (χ3n) is 2.45. The van der Waals surface area contributed by atoms with E-state index in [4.69, 9.17) is 19.9 Å². The highest BCUT2D eigenvalue weighted by Crippen LogP contribution is 2.17. The van der Waals surface area contributed by atoms with E-state index in [1.165, 1.54) is 0 Å². The van der Waals surface area contributed by atoms with Crippen molar-refractivity contribution in [2.24, 2.45) is 5.73 Å². The maximum atomic E-state index is 11.4. The Morgan fingerprint density at radius 3 is 2.26 bits per heavy atom. The molecule has 0 radical (unpaired) electrons. The van der Waals surface area contributed by atoms with Gasteiger partial charge in [0, 0.05) is 0 Å². The molecule has 0 bridgehead atoms. The van der Waals surface area contributed by atoms with Gasteiger partial charge < -0.3 is 25.3 Å². The Hall–Kier alpha value is -2.28. The van der Waals surface area contributed by atoms with E-state index in [2.05, 4.69) is 5.32 Å². The average molecular weight is 324 g/mol. The average Bonchev–Trinajstić information content (AvgIpc) is 2.43. The fourth-order valence-electron chi connectivity index (χ4n) is 1.45. The van der Waals surface area contributed by atoms with E-state index in [0.29, 0.717) is 18.0 Å². The van der Waals surface area contributed by atoms with Crippen LogP contribution in [0, 0.1) is 0 Å². The van der Waals surface area contributed by atoms with Crippen LogP contribution < -0.4 is 20.5 Å². The van der Waals surface area contributed by atoms with Gasteiger partial charge in [0.25, 0.3) is 0 Å². The topological polar surface area (TPSA) is 99.9 Å². The Kier molecular flexibility index (Phi) is 6.84. The molecular weight excluding hydrogens is 300 g/mol. The Bertz CT molecular complexity index is 520. The molecular formula is C16H24N2O5. The molecule has 1 aromatic rings. The summed E-state index contributed by atoms with van der Waals surface area (Å²) in [4.78, 5) is 22.8. The first-order valence-electron chi connectivity index (χ1n) is 7.34. The highest BCUT2D eigenvalue weighted by molar-refractivity contribution is 5.77. The fourth-order valence-corrected chi connectivity index (χ4v) is 1.45. The number of rotatable bonds is 6. The molecule has 1 aromatic carbocycles. The first kappa shape index (κ1) is 18.8. The molecule has 0 heterocycles. The van der Waals surface area contributed by atoms with Crippen LogP contribution in [0.3, 0.4) is 0 Å². The minimum atomic E-state index is -0.676. The van der Waals surface area contributed by atoms with Crippen LogP contribution in [0.1, 0.15) is 27.7 Å². The van der Waals surface area contributed by atoms with Gasteiger partial charge in [0.15, 0.2) is 0 Å². The summed E-state index contributed by atoms with van der Waals surface area (Å²) in [6, 6.07) is 5.87. The van der Waals surface area contributed by atoms with Crippen LogP contribution in [-0.4, -0.2) is 36.9 Å². The molecule has 3 N–H and O–H groups in total. The normalized spacial score (nSPS) is 12.2. The number of carbonyl (C=O) groups is 2. The van der Waals surface area contributed by atoms with Gasteiger partial charge in [-0.25, -0.2) is 9.59 Å². The van der Waals surface area contributed by atoms with Gasteiger partial charge in [0.05, 0.1) is 6.54 Å². The van der Waals surface area contributed by atoms with Crippen LogP contribution in [-0.2, 0) is 9.53 Å². The van der Waals surface area contributed by atoms with Gasteiger partial charge in [0.2, 0.25) is 0 Å². The largest absolute Gasteiger partial charge is 0.492 e. The van der Waals surface area contributed by atoms with E-state index >= 15 is 0 Å². The molecule has 1 atom stereocenters. The lowest BCUT2D eigenvalue weighted by Gasteiger charge is -2.19. The van der Waals surface area contributed by atoms with Gasteiger partial charge in [-0.2, -0.15) is 0 Å². The molecule has 0 aliphatic carbocycles. The third kappa shape index (κ3) is 8.06. The number of benzene rings is 1. The molecule has 128 valence electrons. The number of carbonyl (C=O) groups excluding carboxylic acids is 2. The first-order chi connectivity index (χ1) is 10.7. The van der Waals surface area contributed by atoms with E-state index in [-0.39, 0.29) is 6.61 Å². The monoisotopic (exact) mass is 324 g/mol. The van der Waals surface area contributed by atoms with Crippen LogP contribution in [0.25, 0.3) is 0 Å². The van der Waals surface area contributed by atoms with Crippen LogP contribution in [0.15, 0.2) is 24.3 Å². The Morgan fingerprint density at radius 1 is 1.17 bits per heavy atom. The zero-order chi connectivity index (χ0) is 17.5. The second-order valence-corrected chi connectivity index (χ2v) is 5.96. The maximum absolute atomic E-state index is 11.4. The molecule has 7 heteroatoms. The molecule has 0 saturated heterocycles. The second-order valence-electron chi connectivity index (χ2n) is 5.96. The highest BCUT2D eigenvalue weighted by Gasteiger charge is 2.15. The van der Waals surface area contributed by atoms with E-state index in [9.17, 15) is 9.59 Å². The molecule has 7 nitrogen and oxygen atoms in total. The van der Waals surface area contributed by atoms with E-state index in [0.717, 1.165) is 0 Å². The van der Waals surface area contributed by atoms with Crippen molar-refractivity contribution in [2.75, 3.05) is 13.2 Å². The van der Waals surface area contributed by atoms with Crippen molar-refractivity contribution in [3.05, 3.63) is 24.3 Å². The Morgan fingerprint density at radius 2 is 1.74 bits per heavy atom. The summed E-state index contributed by atoms with van der Waals surface area (Å²) in [6.07, 6.45) is -0.487. The number of nitrogens with two attached hydrogens (primary N) is 1. The number of nitrogens with one attached hydrogen (secondary N) is 1. The van der Waals surface area contributed by atoms with Gasteiger partial charge in [-0.05, 0) is 52.0 Å². The van der Waals surface area contributed by atoms with E-state index in [1.807, 2.05) is 0 Å². The smallest absolute Gasteiger partial charge is 0.407 e. The summed E-state index contributed by atoms with van der Waals surface area (Å²) in [5, 5.41) is 2.59. The van der Waals surface area contributed by atoms with Crippen LogP contribution in [0.5, 0.6) is 11.5 Å². The van der Waals surface area contributed by atoms with Crippen molar-refractivity contribution in [1.29, 1.82) is 0 Å². The number of ether oxygens (including phenoxy) is 3. The molecule has 1 rings (SSSR count). The molecule has 0 aliphatic rings. The summed E-state index contributed by atoms with van der Waals surface area (Å²) in [6.45, 7) is 7.54. The molecule has 0 aliphatic heterocycles. The SMILES string of the molecule is C[C@@H](N)C(=O)Oc1ccc(OCCNC(=O)OC(C)(C)C)cc1. The predicted molar refractivity (Wildman–Crippen MR) is 85.5 cm³/mol. The highest BCUT2D eigenvalue weighted by atomic mass is 16.6. The van der Waals surface area contributed by atoms with Crippen LogP contribution in [0.4, 0.5) is 4.79 Å². The lowest BCUT2D eigenvalue weighted by molar-refractivity contribution is -0.135. The van der Waals surface area contributed by atoms with Gasteiger partial charge in [0.1, 0.15) is 29.7 Å². The quantitative estimate of drug-likeness (QED) is 0.470. The van der Waals surface area contributed by atoms with Gasteiger partial charge >= 0.3 is 12.1 Å². The van der Waals surface area contributed by atoms with Gasteiger partial charge in [-0.3, -0.25) is 0 Å². The summed E-state index contributed by atoms with van der Waals surface area (Å²) < 4.78 is 15.6. The number of amides is 1. The minimum Gasteiger partial charge on any atom is -0.492 e. The van der Waals surface area contributed by atoms with Gasteiger partial charge in [-0.1, -0.05) is 0 Å². The van der Waals surface area contributed by atoms with Crippen molar-refractivity contribution in [2.45, 2.75) is 39.3 Å². The van der Waals surface area contributed by atoms with Gasteiger partial charge in [-0.15, -0.1) is 0 Å². The van der Waals surface area contributed by atoms with Crippen molar-refractivity contribution >= 4 is 12.1 Å². The number of hydrogen-bond acceptors (Lipinski definition) is 6. The van der Waals surface area contributed by atoms with E-state index < -0.39 is 23.7 Å². The fraction of sp³-hybridized carbons (Fsp3) is 0.500. The second kappa shape index (κ2) is 8.38. The third-order valence-corrected chi connectivity index (χ3v) is 2.45. The number of hydrogen-bond donors (Lipinski definition) is 2. The Balaban J connectivity index is 2.31. The Labute approximate surface area is 136 Å². The molecule has 0 fully saturated rings. The number of alkyl carbamates (subject to hydrolysis) is 1. The van der Waals surface area contributed by atoms with Crippen molar-refractivity contribution < 1.29 is 23.8 Å². The lowest BCUT2D eigenvalue weighted by Crippen LogP contribution is -2.34. The van der Waals surface area contributed by atoms with Crippen molar-refractivity contribution in [1.82, 2.24) is 5.32 Å². The first-order valence-corrected chi connectivity index (χ1v) is 7.34. The van der Waals surface area contributed by atoms with Crippen molar-refractivity contribution in [3.63, 3.8) is 0 Å². The molecule has 0 saturated carbocycles. The summed E-state index contributed by atoms with van der Waals surface area (Å²) in [7, 11) is 0. The van der Waals surface area contributed by atoms with Crippen LogP contribution in [0.2, 0.25) is 0 Å². The summed E-state index contributed by atoms with van der Waals surface area (Å²) in [5.41, 5.74) is 4.88. The summed E-state index contributed by atoms with van der Waals surface area (Å²) >= 11 is 0. The predicted octanol–water partition coefficient (Wildman–Crippen LogP) is 1.84. The maximum Gasteiger partial charge on any atom is 0.407 e. The van der Waals surface area contributed by atoms with Crippen LogP contribution >= 0.6 is 0 Å². The lowest BCUT2D eigenvalue weighted by atomic mass is 10.2. The summed E-state index contributed by atoms with van der Waals surface area (Å²) in [5.74, 6) is 0.489. The van der Waals surface area contributed by atoms with E-state index in [1.54, 1.807) is 52.0 Å². The molecule has 1 amide bonds. The molecule has 0 unspecified atom stereocenters. The molecule has 0 aromatic heterocycles.